The van der Waals surface area contributed by atoms with Crippen molar-refractivity contribution in [1.82, 2.24) is 0 Å². The molecule has 0 amide bonds. The van der Waals surface area contributed by atoms with Crippen LogP contribution < -0.4 is 9.46 Å². The molecule has 0 aromatic heterocycles. The summed E-state index contributed by atoms with van der Waals surface area (Å²) in [5, 5.41) is 0. The number of hydrogen-bond donors (Lipinski definition) is 1. The summed E-state index contributed by atoms with van der Waals surface area (Å²) in [5.41, 5.74) is 1.27. The molecule has 1 fully saturated rings. The lowest BCUT2D eigenvalue weighted by atomic mass is 10.1. The van der Waals surface area contributed by atoms with Crippen LogP contribution in [0.1, 0.15) is 12.5 Å². The van der Waals surface area contributed by atoms with Crippen LogP contribution in [-0.2, 0) is 21.2 Å². The lowest BCUT2D eigenvalue weighted by Gasteiger charge is -2.13. The minimum atomic E-state index is -3.62. The Balaban J connectivity index is 1.82. The largest absolute Gasteiger partial charge is 0.491 e. The number of ether oxygens (including phenoxy) is 2. The molecule has 6 heteroatoms. The standard InChI is InChI=1S/C17H19NO4S/c1-2-13-10-15(21-11-16-12-22-16)8-9-17(13)23(19,20)18-14-6-4-3-5-7-14/h3-10,16,18H,2,11-12H2,1H3. The number of nitrogens with one attached hydrogen (secondary N) is 1. The number of anilines is 1. The Morgan fingerprint density at radius 3 is 2.61 bits per heavy atom. The van der Waals surface area contributed by atoms with Crippen LogP contribution in [0.5, 0.6) is 5.75 Å². The molecule has 1 aliphatic heterocycles. The highest BCUT2D eigenvalue weighted by atomic mass is 32.2. The Kier molecular flexibility index (Phi) is 4.54. The molecule has 1 saturated heterocycles. The van der Waals surface area contributed by atoms with Gasteiger partial charge in [0.15, 0.2) is 0 Å². The predicted octanol–water partition coefficient (Wildman–Crippen LogP) is 2.83. The number of hydrogen-bond acceptors (Lipinski definition) is 4. The average Bonchev–Trinajstić information content (AvgIpc) is 3.37. The minimum Gasteiger partial charge on any atom is -0.491 e. The number of epoxide rings is 1. The van der Waals surface area contributed by atoms with Crippen molar-refractivity contribution in [2.45, 2.75) is 24.3 Å². The molecule has 1 aliphatic rings. The van der Waals surface area contributed by atoms with Gasteiger partial charge in [-0.2, -0.15) is 0 Å². The van der Waals surface area contributed by atoms with E-state index in [1.165, 1.54) is 0 Å². The third kappa shape index (κ3) is 4.03. The second kappa shape index (κ2) is 6.60. The van der Waals surface area contributed by atoms with E-state index in [1.807, 2.05) is 13.0 Å². The SMILES string of the molecule is CCc1cc(OCC2CO2)ccc1S(=O)(=O)Nc1ccccc1. The van der Waals surface area contributed by atoms with Crippen molar-refractivity contribution in [3.63, 3.8) is 0 Å². The second-order valence-corrected chi connectivity index (χ2v) is 7.01. The van der Waals surface area contributed by atoms with Crippen molar-refractivity contribution in [3.05, 3.63) is 54.1 Å². The summed E-state index contributed by atoms with van der Waals surface area (Å²) >= 11 is 0. The molecule has 1 unspecified atom stereocenters. The molecule has 2 aromatic rings. The highest BCUT2D eigenvalue weighted by Gasteiger charge is 2.24. The fourth-order valence-electron chi connectivity index (χ4n) is 2.25. The first kappa shape index (κ1) is 15.8. The maximum Gasteiger partial charge on any atom is 0.262 e. The van der Waals surface area contributed by atoms with Crippen molar-refractivity contribution in [2.75, 3.05) is 17.9 Å². The molecule has 3 rings (SSSR count). The smallest absolute Gasteiger partial charge is 0.262 e. The summed E-state index contributed by atoms with van der Waals surface area (Å²) in [6.45, 7) is 3.15. The van der Waals surface area contributed by atoms with Crippen molar-refractivity contribution in [1.29, 1.82) is 0 Å². The van der Waals surface area contributed by atoms with E-state index in [0.29, 0.717) is 24.5 Å². The van der Waals surface area contributed by atoms with Gasteiger partial charge in [0.2, 0.25) is 0 Å². The monoisotopic (exact) mass is 333 g/mol. The zero-order valence-corrected chi connectivity index (χ0v) is 13.7. The molecular weight excluding hydrogens is 314 g/mol. The Morgan fingerprint density at radius 2 is 1.96 bits per heavy atom. The molecule has 1 heterocycles. The Hall–Kier alpha value is -2.05. The molecule has 5 nitrogen and oxygen atoms in total. The van der Waals surface area contributed by atoms with Crippen molar-refractivity contribution >= 4 is 15.7 Å². The lowest BCUT2D eigenvalue weighted by Crippen LogP contribution is -2.15. The lowest BCUT2D eigenvalue weighted by molar-refractivity contribution is 0.262. The molecule has 2 aromatic carbocycles. The van der Waals surface area contributed by atoms with Crippen molar-refractivity contribution in [3.8, 4) is 5.75 Å². The van der Waals surface area contributed by atoms with Crippen LogP contribution in [0.15, 0.2) is 53.4 Å². The molecule has 0 spiro atoms. The number of benzene rings is 2. The highest BCUT2D eigenvalue weighted by Crippen LogP contribution is 2.25. The van der Waals surface area contributed by atoms with Gasteiger partial charge in [0, 0.05) is 5.69 Å². The number of rotatable bonds is 7. The van der Waals surface area contributed by atoms with Crippen LogP contribution in [0, 0.1) is 0 Å². The van der Waals surface area contributed by atoms with Crippen LogP contribution in [0.3, 0.4) is 0 Å². The molecule has 23 heavy (non-hydrogen) atoms. The summed E-state index contributed by atoms with van der Waals surface area (Å²) in [7, 11) is -3.62. The predicted molar refractivity (Wildman–Crippen MR) is 88.3 cm³/mol. The third-order valence-corrected chi connectivity index (χ3v) is 5.05. The number of para-hydroxylation sites is 1. The van der Waals surface area contributed by atoms with E-state index in [9.17, 15) is 8.42 Å². The minimum absolute atomic E-state index is 0.170. The van der Waals surface area contributed by atoms with E-state index in [0.717, 1.165) is 12.2 Å². The van der Waals surface area contributed by atoms with Crippen molar-refractivity contribution < 1.29 is 17.9 Å². The summed E-state index contributed by atoms with van der Waals surface area (Å²) in [5.74, 6) is 0.663. The van der Waals surface area contributed by atoms with Crippen LogP contribution in [0.4, 0.5) is 5.69 Å². The number of sulfonamides is 1. The third-order valence-electron chi connectivity index (χ3n) is 3.57. The maximum absolute atomic E-state index is 12.6. The first-order valence-electron chi connectivity index (χ1n) is 7.53. The van der Waals surface area contributed by atoms with Gasteiger partial charge in [0.25, 0.3) is 10.0 Å². The van der Waals surface area contributed by atoms with E-state index in [2.05, 4.69) is 4.72 Å². The Bertz CT molecular complexity index is 770. The fourth-order valence-corrected chi connectivity index (χ4v) is 3.61. The molecule has 1 atom stereocenters. The Morgan fingerprint density at radius 1 is 1.22 bits per heavy atom. The van der Waals surface area contributed by atoms with Gasteiger partial charge in [0.1, 0.15) is 18.5 Å². The van der Waals surface area contributed by atoms with Crippen LogP contribution in [0.2, 0.25) is 0 Å². The topological polar surface area (TPSA) is 67.9 Å². The zero-order valence-electron chi connectivity index (χ0n) is 12.9. The molecule has 0 saturated carbocycles. The van der Waals surface area contributed by atoms with E-state index in [-0.39, 0.29) is 11.0 Å². The van der Waals surface area contributed by atoms with E-state index >= 15 is 0 Å². The molecule has 0 radical (unpaired) electrons. The van der Waals surface area contributed by atoms with Crippen LogP contribution >= 0.6 is 0 Å². The van der Waals surface area contributed by atoms with Gasteiger partial charge >= 0.3 is 0 Å². The Labute approximate surface area is 136 Å². The normalized spacial score (nSPS) is 16.8. The van der Waals surface area contributed by atoms with Gasteiger partial charge in [-0.1, -0.05) is 25.1 Å². The van der Waals surface area contributed by atoms with E-state index in [1.54, 1.807) is 42.5 Å². The zero-order chi connectivity index (χ0) is 16.3. The van der Waals surface area contributed by atoms with E-state index in [4.69, 9.17) is 9.47 Å². The maximum atomic E-state index is 12.6. The summed E-state index contributed by atoms with van der Waals surface area (Å²) in [4.78, 5) is 0.277. The van der Waals surface area contributed by atoms with Gasteiger partial charge in [-0.05, 0) is 42.3 Å². The van der Waals surface area contributed by atoms with Gasteiger partial charge in [-0.3, -0.25) is 4.72 Å². The summed E-state index contributed by atoms with van der Waals surface area (Å²) in [6, 6.07) is 13.9. The van der Waals surface area contributed by atoms with Gasteiger partial charge < -0.3 is 9.47 Å². The molecule has 0 bridgehead atoms. The molecule has 122 valence electrons. The van der Waals surface area contributed by atoms with Gasteiger partial charge in [-0.15, -0.1) is 0 Å². The highest BCUT2D eigenvalue weighted by molar-refractivity contribution is 7.92. The fraction of sp³-hybridized carbons (Fsp3) is 0.294. The van der Waals surface area contributed by atoms with Crippen LogP contribution in [-0.4, -0.2) is 27.7 Å². The molecule has 0 aliphatic carbocycles. The molecular formula is C17H19NO4S. The number of aryl methyl sites for hydroxylation is 1. The second-order valence-electron chi connectivity index (χ2n) is 5.36. The van der Waals surface area contributed by atoms with Crippen LogP contribution in [0.25, 0.3) is 0 Å². The van der Waals surface area contributed by atoms with E-state index < -0.39 is 10.0 Å². The summed E-state index contributed by atoms with van der Waals surface area (Å²) < 4.78 is 38.5. The van der Waals surface area contributed by atoms with Crippen molar-refractivity contribution in [2.24, 2.45) is 0 Å². The molecule has 1 N–H and O–H groups in total. The quantitative estimate of drug-likeness (QED) is 0.791. The first-order valence-corrected chi connectivity index (χ1v) is 9.02. The van der Waals surface area contributed by atoms with Gasteiger partial charge in [-0.25, -0.2) is 8.42 Å². The van der Waals surface area contributed by atoms with Gasteiger partial charge in [0.05, 0.1) is 11.5 Å². The first-order chi connectivity index (χ1) is 11.1. The average molecular weight is 333 g/mol. The summed E-state index contributed by atoms with van der Waals surface area (Å²) in [6.07, 6.45) is 0.769.